The second-order valence-electron chi connectivity index (χ2n) is 3.42. The number of aromatic nitrogens is 1. The maximum absolute atomic E-state index is 11.3. The molecule has 0 radical (unpaired) electrons. The lowest BCUT2D eigenvalue weighted by Gasteiger charge is -2.06. The van der Waals surface area contributed by atoms with Crippen molar-refractivity contribution in [3.8, 4) is 11.5 Å². The SMILES string of the molecule is COC(=O)c1cc(Oc2ccc(Br)cc2)ccn1. The Bertz CT molecular complexity index is 554. The highest BCUT2D eigenvalue weighted by Gasteiger charge is 2.08. The van der Waals surface area contributed by atoms with E-state index in [1.54, 1.807) is 6.07 Å². The topological polar surface area (TPSA) is 48.4 Å². The maximum Gasteiger partial charge on any atom is 0.356 e. The fourth-order valence-electron chi connectivity index (χ4n) is 1.33. The van der Waals surface area contributed by atoms with E-state index >= 15 is 0 Å². The van der Waals surface area contributed by atoms with Crippen LogP contribution >= 0.6 is 15.9 Å². The Morgan fingerprint density at radius 2 is 1.89 bits per heavy atom. The molecule has 0 spiro atoms. The van der Waals surface area contributed by atoms with Crippen LogP contribution in [0.2, 0.25) is 0 Å². The van der Waals surface area contributed by atoms with Crippen molar-refractivity contribution in [2.24, 2.45) is 0 Å². The number of methoxy groups -OCH3 is 1. The Kier molecular flexibility index (Phi) is 3.94. The predicted octanol–water partition coefficient (Wildman–Crippen LogP) is 3.42. The standard InChI is InChI=1S/C13H10BrNO3/c1-17-13(16)12-8-11(6-7-15-12)18-10-4-2-9(14)3-5-10/h2-8H,1H3. The number of carbonyl (C=O) groups excluding carboxylic acids is 1. The van der Waals surface area contributed by atoms with E-state index in [2.05, 4.69) is 25.7 Å². The van der Waals surface area contributed by atoms with Crippen LogP contribution in [0.25, 0.3) is 0 Å². The molecular formula is C13H10BrNO3. The molecule has 1 aromatic heterocycles. The fraction of sp³-hybridized carbons (Fsp3) is 0.0769. The average molecular weight is 308 g/mol. The van der Waals surface area contributed by atoms with Gasteiger partial charge in [0, 0.05) is 16.7 Å². The van der Waals surface area contributed by atoms with E-state index in [-0.39, 0.29) is 5.69 Å². The summed E-state index contributed by atoms with van der Waals surface area (Å²) in [5, 5.41) is 0. The van der Waals surface area contributed by atoms with Crippen LogP contribution in [-0.4, -0.2) is 18.1 Å². The van der Waals surface area contributed by atoms with Crippen LogP contribution in [0.5, 0.6) is 11.5 Å². The van der Waals surface area contributed by atoms with Crippen LogP contribution in [0.1, 0.15) is 10.5 Å². The molecule has 2 rings (SSSR count). The number of halogens is 1. The first-order chi connectivity index (χ1) is 8.69. The average Bonchev–Trinajstić information content (AvgIpc) is 2.41. The zero-order valence-corrected chi connectivity index (χ0v) is 11.2. The zero-order valence-electron chi connectivity index (χ0n) is 9.59. The van der Waals surface area contributed by atoms with E-state index in [0.29, 0.717) is 11.5 Å². The third kappa shape index (κ3) is 3.07. The number of esters is 1. The van der Waals surface area contributed by atoms with Gasteiger partial charge in [0.2, 0.25) is 0 Å². The smallest absolute Gasteiger partial charge is 0.356 e. The van der Waals surface area contributed by atoms with Gasteiger partial charge in [0.05, 0.1) is 7.11 Å². The van der Waals surface area contributed by atoms with Crippen molar-refractivity contribution in [2.75, 3.05) is 7.11 Å². The van der Waals surface area contributed by atoms with Crippen molar-refractivity contribution >= 4 is 21.9 Å². The summed E-state index contributed by atoms with van der Waals surface area (Å²) in [4.78, 5) is 15.2. The first-order valence-corrected chi connectivity index (χ1v) is 5.96. The number of pyridine rings is 1. The number of hydrogen-bond donors (Lipinski definition) is 0. The quantitative estimate of drug-likeness (QED) is 0.815. The molecule has 2 aromatic rings. The number of nitrogens with zero attached hydrogens (tertiary/aromatic N) is 1. The van der Waals surface area contributed by atoms with Gasteiger partial charge in [-0.15, -0.1) is 0 Å². The Labute approximate surface area is 113 Å². The molecular weight excluding hydrogens is 298 g/mol. The lowest BCUT2D eigenvalue weighted by molar-refractivity contribution is 0.0593. The summed E-state index contributed by atoms with van der Waals surface area (Å²) in [6.45, 7) is 0. The summed E-state index contributed by atoms with van der Waals surface area (Å²) < 4.78 is 11.2. The maximum atomic E-state index is 11.3. The molecule has 0 aliphatic heterocycles. The molecule has 92 valence electrons. The van der Waals surface area contributed by atoms with E-state index in [0.717, 1.165) is 4.47 Å². The number of benzene rings is 1. The molecule has 0 fully saturated rings. The van der Waals surface area contributed by atoms with Crippen LogP contribution in [0.15, 0.2) is 47.1 Å². The molecule has 0 bridgehead atoms. The molecule has 0 atom stereocenters. The molecule has 1 aromatic carbocycles. The van der Waals surface area contributed by atoms with Gasteiger partial charge >= 0.3 is 5.97 Å². The van der Waals surface area contributed by atoms with Crippen molar-refractivity contribution in [1.82, 2.24) is 4.98 Å². The van der Waals surface area contributed by atoms with Crippen LogP contribution in [0, 0.1) is 0 Å². The highest BCUT2D eigenvalue weighted by Crippen LogP contribution is 2.23. The summed E-state index contributed by atoms with van der Waals surface area (Å²) in [7, 11) is 1.31. The number of carbonyl (C=O) groups is 1. The third-order valence-corrected chi connectivity index (χ3v) is 2.70. The molecule has 5 heteroatoms. The Hall–Kier alpha value is -1.88. The molecule has 0 unspecified atom stereocenters. The van der Waals surface area contributed by atoms with E-state index in [1.165, 1.54) is 19.4 Å². The van der Waals surface area contributed by atoms with Gasteiger partial charge in [0.25, 0.3) is 0 Å². The molecule has 0 saturated heterocycles. The Morgan fingerprint density at radius 1 is 1.17 bits per heavy atom. The van der Waals surface area contributed by atoms with Gasteiger partial charge in [-0.05, 0) is 30.3 Å². The second kappa shape index (κ2) is 5.64. The van der Waals surface area contributed by atoms with Crippen LogP contribution in [-0.2, 0) is 4.74 Å². The molecule has 0 N–H and O–H groups in total. The van der Waals surface area contributed by atoms with Crippen molar-refractivity contribution in [2.45, 2.75) is 0 Å². The summed E-state index contributed by atoms with van der Waals surface area (Å²) in [5.41, 5.74) is 0.215. The fourth-order valence-corrected chi connectivity index (χ4v) is 1.59. The van der Waals surface area contributed by atoms with Crippen molar-refractivity contribution in [3.05, 3.63) is 52.8 Å². The van der Waals surface area contributed by atoms with Gasteiger partial charge in [-0.25, -0.2) is 9.78 Å². The molecule has 0 saturated carbocycles. The minimum absolute atomic E-state index is 0.215. The van der Waals surface area contributed by atoms with Crippen LogP contribution in [0.3, 0.4) is 0 Å². The van der Waals surface area contributed by atoms with E-state index in [1.807, 2.05) is 24.3 Å². The number of rotatable bonds is 3. The highest BCUT2D eigenvalue weighted by atomic mass is 79.9. The normalized spacial score (nSPS) is 9.89. The zero-order chi connectivity index (χ0) is 13.0. The van der Waals surface area contributed by atoms with Gasteiger partial charge in [-0.1, -0.05) is 15.9 Å². The van der Waals surface area contributed by atoms with Gasteiger partial charge in [0.15, 0.2) is 5.69 Å². The molecule has 0 amide bonds. The monoisotopic (exact) mass is 307 g/mol. The Balaban J connectivity index is 2.19. The predicted molar refractivity (Wildman–Crippen MR) is 69.8 cm³/mol. The largest absolute Gasteiger partial charge is 0.464 e. The summed E-state index contributed by atoms with van der Waals surface area (Å²) >= 11 is 3.34. The molecule has 0 aliphatic carbocycles. The van der Waals surface area contributed by atoms with E-state index < -0.39 is 5.97 Å². The summed E-state index contributed by atoms with van der Waals surface area (Å²) in [5.74, 6) is 0.726. The second-order valence-corrected chi connectivity index (χ2v) is 4.34. The lowest BCUT2D eigenvalue weighted by Crippen LogP contribution is -2.03. The van der Waals surface area contributed by atoms with E-state index in [9.17, 15) is 4.79 Å². The van der Waals surface area contributed by atoms with Crippen molar-refractivity contribution in [1.29, 1.82) is 0 Å². The third-order valence-electron chi connectivity index (χ3n) is 2.18. The first kappa shape index (κ1) is 12.6. The minimum atomic E-state index is -0.490. The van der Waals surface area contributed by atoms with Crippen LogP contribution < -0.4 is 4.74 Å². The van der Waals surface area contributed by atoms with Crippen LogP contribution in [0.4, 0.5) is 0 Å². The lowest BCUT2D eigenvalue weighted by atomic mass is 10.3. The highest BCUT2D eigenvalue weighted by molar-refractivity contribution is 9.10. The Morgan fingerprint density at radius 3 is 2.56 bits per heavy atom. The number of ether oxygens (including phenoxy) is 2. The molecule has 4 nitrogen and oxygen atoms in total. The van der Waals surface area contributed by atoms with Gasteiger partial charge in [-0.3, -0.25) is 0 Å². The van der Waals surface area contributed by atoms with Gasteiger partial charge in [-0.2, -0.15) is 0 Å². The summed E-state index contributed by atoms with van der Waals surface area (Å²) in [6.07, 6.45) is 1.50. The summed E-state index contributed by atoms with van der Waals surface area (Å²) in [6, 6.07) is 10.6. The van der Waals surface area contributed by atoms with Gasteiger partial charge in [0.1, 0.15) is 11.5 Å². The van der Waals surface area contributed by atoms with Crippen molar-refractivity contribution < 1.29 is 14.3 Å². The van der Waals surface area contributed by atoms with Crippen molar-refractivity contribution in [3.63, 3.8) is 0 Å². The minimum Gasteiger partial charge on any atom is -0.464 e. The molecule has 1 heterocycles. The van der Waals surface area contributed by atoms with Gasteiger partial charge < -0.3 is 9.47 Å². The molecule has 0 aliphatic rings. The first-order valence-electron chi connectivity index (χ1n) is 5.17. The molecule has 18 heavy (non-hydrogen) atoms. The number of hydrogen-bond acceptors (Lipinski definition) is 4. The van der Waals surface area contributed by atoms with E-state index in [4.69, 9.17) is 4.74 Å².